The van der Waals surface area contributed by atoms with Gasteiger partial charge in [0.2, 0.25) is 0 Å². The molecule has 0 spiro atoms. The molecule has 0 rings (SSSR count). The Bertz CT molecular complexity index is 119. The Morgan fingerprint density at radius 3 is 2.80 bits per heavy atom. The second-order valence-corrected chi connectivity index (χ2v) is 4.79. The average Bonchev–Trinajstić information content (AvgIpc) is 1.87. The van der Waals surface area contributed by atoms with Crippen LogP contribution in [0, 0.1) is 0 Å². The molecular formula is C5H12GaN4. The summed E-state index contributed by atoms with van der Waals surface area (Å²) in [4.78, 5) is 6.02. The summed E-state index contributed by atoms with van der Waals surface area (Å²) in [7, 11) is 4.11. The van der Waals surface area contributed by atoms with Gasteiger partial charge in [-0.05, 0) is 0 Å². The minimum absolute atomic E-state index is 0.585. The first-order chi connectivity index (χ1) is 4.77. The van der Waals surface area contributed by atoms with Crippen molar-refractivity contribution in [2.75, 3.05) is 20.6 Å². The van der Waals surface area contributed by atoms with Crippen molar-refractivity contribution in [2.45, 2.75) is 11.4 Å². The molecule has 0 amide bonds. The first-order valence-electron chi connectivity index (χ1n) is 3.28. The van der Waals surface area contributed by atoms with E-state index in [1.54, 1.807) is 0 Å². The van der Waals surface area contributed by atoms with E-state index in [9.17, 15) is 0 Å². The van der Waals surface area contributed by atoms with Gasteiger partial charge in [-0.15, -0.1) is 0 Å². The summed E-state index contributed by atoms with van der Waals surface area (Å²) >= 11 is -0.585. The van der Waals surface area contributed by atoms with Crippen LogP contribution in [0.1, 0.15) is 6.42 Å². The third kappa shape index (κ3) is 7.91. The molecule has 0 aromatic carbocycles. The molecule has 0 aliphatic heterocycles. The number of hydrogen-bond acceptors (Lipinski definition) is 2. The predicted molar refractivity (Wildman–Crippen MR) is 42.9 cm³/mol. The molecule has 0 atom stereocenters. The Kier molecular flexibility index (Phi) is 6.95. The van der Waals surface area contributed by atoms with Crippen LogP contribution in [0.4, 0.5) is 0 Å². The fourth-order valence-corrected chi connectivity index (χ4v) is 1.75. The number of hydrogen-bond donors (Lipinski definition) is 0. The summed E-state index contributed by atoms with van der Waals surface area (Å²) in [6.07, 6.45) is 1.17. The van der Waals surface area contributed by atoms with Gasteiger partial charge in [0.1, 0.15) is 0 Å². The van der Waals surface area contributed by atoms with Crippen LogP contribution >= 0.6 is 0 Å². The number of azide groups is 1. The molecule has 10 heavy (non-hydrogen) atoms. The molecule has 0 aliphatic carbocycles. The third-order valence-electron chi connectivity index (χ3n) is 1.07. The summed E-state index contributed by atoms with van der Waals surface area (Å²) in [5, 5.41) is 0. The molecule has 5 heteroatoms. The quantitative estimate of drug-likeness (QED) is 0.216. The minimum atomic E-state index is -0.585. The molecule has 55 valence electrons. The second-order valence-electron chi connectivity index (χ2n) is 2.33. The van der Waals surface area contributed by atoms with Gasteiger partial charge in [-0.1, -0.05) is 0 Å². The Morgan fingerprint density at radius 1 is 1.60 bits per heavy atom. The normalized spacial score (nSPS) is 9.10. The molecule has 0 heterocycles. The van der Waals surface area contributed by atoms with Crippen molar-refractivity contribution >= 4 is 17.6 Å². The van der Waals surface area contributed by atoms with Crippen molar-refractivity contribution in [3.05, 3.63) is 10.4 Å². The summed E-state index contributed by atoms with van der Waals surface area (Å²) in [5.41, 5.74) is 7.96. The van der Waals surface area contributed by atoms with Gasteiger partial charge in [-0.2, -0.15) is 0 Å². The molecule has 0 N–H and O–H groups in total. The molecule has 0 aliphatic rings. The molecule has 1 radical (unpaired) electrons. The monoisotopic (exact) mass is 197 g/mol. The molecule has 0 unspecified atom stereocenters. The van der Waals surface area contributed by atoms with E-state index in [1.165, 1.54) is 6.42 Å². The van der Waals surface area contributed by atoms with Gasteiger partial charge in [0, 0.05) is 0 Å². The van der Waals surface area contributed by atoms with Crippen LogP contribution in [0.3, 0.4) is 0 Å². The first kappa shape index (κ1) is 9.91. The summed E-state index contributed by atoms with van der Waals surface area (Å²) in [5.74, 6) is 0. The average molecular weight is 198 g/mol. The van der Waals surface area contributed by atoms with E-state index in [4.69, 9.17) is 5.53 Å². The molecular weight excluding hydrogens is 186 g/mol. The molecule has 0 saturated carbocycles. The van der Waals surface area contributed by atoms with Crippen LogP contribution in [0.25, 0.3) is 10.4 Å². The van der Waals surface area contributed by atoms with E-state index in [0.29, 0.717) is 0 Å². The fraction of sp³-hybridized carbons (Fsp3) is 1.00. The van der Waals surface area contributed by atoms with Gasteiger partial charge in [0.15, 0.2) is 0 Å². The Labute approximate surface area is 69.3 Å². The van der Waals surface area contributed by atoms with Crippen LogP contribution in [0.15, 0.2) is 3.82 Å². The van der Waals surface area contributed by atoms with Crippen molar-refractivity contribution in [2.24, 2.45) is 3.82 Å². The van der Waals surface area contributed by atoms with Gasteiger partial charge in [-0.25, -0.2) is 0 Å². The molecule has 0 bridgehead atoms. The van der Waals surface area contributed by atoms with E-state index in [2.05, 4.69) is 27.7 Å². The van der Waals surface area contributed by atoms with Gasteiger partial charge in [-0.3, -0.25) is 0 Å². The van der Waals surface area contributed by atoms with Crippen molar-refractivity contribution in [1.29, 1.82) is 0 Å². The molecule has 0 aromatic heterocycles. The zero-order chi connectivity index (χ0) is 7.82. The zero-order valence-corrected chi connectivity index (χ0v) is 8.91. The van der Waals surface area contributed by atoms with E-state index in [1.807, 2.05) is 0 Å². The maximum absolute atomic E-state index is 7.96. The maximum atomic E-state index is 7.96. The van der Waals surface area contributed by atoms with Gasteiger partial charge in [0.25, 0.3) is 0 Å². The van der Waals surface area contributed by atoms with Crippen molar-refractivity contribution in [1.82, 2.24) is 4.90 Å². The summed E-state index contributed by atoms with van der Waals surface area (Å²) in [6.45, 7) is 1.11. The second kappa shape index (κ2) is 7.02. The van der Waals surface area contributed by atoms with E-state index in [-0.39, 0.29) is 0 Å². The first-order valence-corrected chi connectivity index (χ1v) is 6.07. The molecule has 4 nitrogen and oxygen atoms in total. The summed E-state index contributed by atoms with van der Waals surface area (Å²) in [6, 6.07) is 0. The Morgan fingerprint density at radius 2 is 2.30 bits per heavy atom. The van der Waals surface area contributed by atoms with Crippen LogP contribution in [0.2, 0.25) is 4.98 Å². The number of nitrogens with zero attached hydrogens (tertiary/aromatic N) is 4. The summed E-state index contributed by atoms with van der Waals surface area (Å²) < 4.78 is 3.59. The molecule has 0 saturated heterocycles. The predicted octanol–water partition coefficient (Wildman–Crippen LogP) is 1.29. The Hall–Kier alpha value is -0.0936. The van der Waals surface area contributed by atoms with Crippen LogP contribution in [-0.4, -0.2) is 43.2 Å². The van der Waals surface area contributed by atoms with Gasteiger partial charge >= 0.3 is 68.8 Å². The zero-order valence-electron chi connectivity index (χ0n) is 6.49. The molecule has 0 aromatic rings. The topological polar surface area (TPSA) is 52.0 Å². The van der Waals surface area contributed by atoms with Crippen LogP contribution < -0.4 is 0 Å². The van der Waals surface area contributed by atoms with Crippen molar-refractivity contribution in [3.63, 3.8) is 0 Å². The molecule has 0 fully saturated rings. The van der Waals surface area contributed by atoms with Crippen molar-refractivity contribution in [3.8, 4) is 0 Å². The van der Waals surface area contributed by atoms with Crippen LogP contribution in [-0.2, 0) is 0 Å². The van der Waals surface area contributed by atoms with E-state index < -0.39 is 17.6 Å². The van der Waals surface area contributed by atoms with Crippen LogP contribution in [0.5, 0.6) is 0 Å². The van der Waals surface area contributed by atoms with E-state index in [0.717, 1.165) is 11.5 Å². The van der Waals surface area contributed by atoms with Gasteiger partial charge in [0.05, 0.1) is 0 Å². The standard InChI is InChI=1S/C5H12N.Ga.N3/c1-4-5-6(2)3;;1-3-2/h1,4-5H2,2-3H3;;/q;+1;-1. The fourth-order valence-electron chi connectivity index (χ4n) is 0.593. The van der Waals surface area contributed by atoms with E-state index >= 15 is 0 Å². The number of rotatable bonds is 5. The third-order valence-corrected chi connectivity index (χ3v) is 3.03. The Balaban J connectivity index is 2.98. The van der Waals surface area contributed by atoms with Gasteiger partial charge < -0.3 is 0 Å². The van der Waals surface area contributed by atoms with Crippen molar-refractivity contribution < 1.29 is 0 Å². The SMILES string of the molecule is CN(C)CC[CH2][Ga][N]=[N+]=[N-].